The smallest absolute Gasteiger partial charge is 0.411 e. The van der Waals surface area contributed by atoms with Crippen LogP contribution in [0.15, 0.2) is 54.6 Å². The third-order valence-electron chi connectivity index (χ3n) is 3.42. The molecule has 2 rings (SSSR count). The average Bonchev–Trinajstić information content (AvgIpc) is 2.62. The highest BCUT2D eigenvalue weighted by atomic mass is 32.2. The number of hydrogen-bond acceptors (Lipinski definition) is 5. The molecule has 6 nitrogen and oxygen atoms in total. The molecule has 0 saturated heterocycles. The van der Waals surface area contributed by atoms with Gasteiger partial charge in [-0.1, -0.05) is 42.5 Å². The Balaban J connectivity index is 1.76. The van der Waals surface area contributed by atoms with Crippen molar-refractivity contribution in [2.24, 2.45) is 0 Å². The Hall–Kier alpha value is -2.38. The molecular weight excluding hydrogens is 342 g/mol. The normalized spacial score (nSPS) is 11.1. The zero-order valence-electron chi connectivity index (χ0n) is 14.0. The summed E-state index contributed by atoms with van der Waals surface area (Å²) in [7, 11) is -3.42. The lowest BCUT2D eigenvalue weighted by Crippen LogP contribution is -2.13. The van der Waals surface area contributed by atoms with Crippen molar-refractivity contribution < 1.29 is 22.1 Å². The summed E-state index contributed by atoms with van der Waals surface area (Å²) in [5.41, 5.74) is 2.42. The minimum absolute atomic E-state index is 0.0407. The van der Waals surface area contributed by atoms with E-state index in [0.29, 0.717) is 12.1 Å². The number of carbonyl (C=O) groups excluding carboxylic acids is 1. The minimum atomic E-state index is -3.42. The molecule has 7 heteroatoms. The number of ether oxygens (including phenoxy) is 1. The summed E-state index contributed by atoms with van der Waals surface area (Å²) >= 11 is 0. The largest absolute Gasteiger partial charge is 0.444 e. The van der Waals surface area contributed by atoms with Crippen LogP contribution in [0.1, 0.15) is 18.1 Å². The van der Waals surface area contributed by atoms with Crippen molar-refractivity contribution in [3.63, 3.8) is 0 Å². The van der Waals surface area contributed by atoms with E-state index < -0.39 is 16.2 Å². The molecule has 25 heavy (non-hydrogen) atoms. The molecule has 134 valence electrons. The van der Waals surface area contributed by atoms with Gasteiger partial charge in [-0.25, -0.2) is 4.79 Å². The molecule has 0 bridgehead atoms. The van der Waals surface area contributed by atoms with Gasteiger partial charge >= 0.3 is 6.09 Å². The standard InChI is InChI=1S/C18H21NO5S/c1-2-25(21,22)24-13-12-15-8-10-17(11-9-15)19-18(20)23-14-16-6-4-3-5-7-16/h3-11H,2,12-14H2,1H3,(H,19,20). The van der Waals surface area contributed by atoms with Crippen LogP contribution < -0.4 is 5.32 Å². The van der Waals surface area contributed by atoms with Crippen LogP contribution in [0.4, 0.5) is 10.5 Å². The molecule has 2 aromatic rings. The Morgan fingerprint density at radius 2 is 1.68 bits per heavy atom. The Bertz CT molecular complexity index is 773. The molecule has 0 fully saturated rings. The van der Waals surface area contributed by atoms with E-state index in [4.69, 9.17) is 8.92 Å². The van der Waals surface area contributed by atoms with Crippen molar-refractivity contribution in [2.75, 3.05) is 17.7 Å². The third kappa shape index (κ3) is 6.94. The fourth-order valence-electron chi connectivity index (χ4n) is 2.00. The number of nitrogens with one attached hydrogen (secondary N) is 1. The van der Waals surface area contributed by atoms with Crippen molar-refractivity contribution >= 4 is 21.9 Å². The molecule has 0 heterocycles. The first-order valence-corrected chi connectivity index (χ1v) is 9.50. The Morgan fingerprint density at radius 1 is 1.00 bits per heavy atom. The number of rotatable bonds is 8. The van der Waals surface area contributed by atoms with Crippen LogP contribution >= 0.6 is 0 Å². The molecule has 0 atom stereocenters. The highest BCUT2D eigenvalue weighted by molar-refractivity contribution is 7.86. The van der Waals surface area contributed by atoms with Gasteiger partial charge in [-0.05, 0) is 36.6 Å². The van der Waals surface area contributed by atoms with E-state index in [1.54, 1.807) is 24.3 Å². The van der Waals surface area contributed by atoms with Gasteiger partial charge in [-0.3, -0.25) is 9.50 Å². The number of benzene rings is 2. The lowest BCUT2D eigenvalue weighted by Gasteiger charge is -2.08. The Labute approximate surface area is 147 Å². The fourth-order valence-corrected chi connectivity index (χ4v) is 2.51. The first-order chi connectivity index (χ1) is 12.0. The van der Waals surface area contributed by atoms with Crippen LogP contribution in [0.3, 0.4) is 0 Å². The van der Waals surface area contributed by atoms with Crippen LogP contribution in [0.5, 0.6) is 0 Å². The Kier molecular flexibility index (Phi) is 6.97. The fraction of sp³-hybridized carbons (Fsp3) is 0.278. The van der Waals surface area contributed by atoms with Gasteiger partial charge in [0.25, 0.3) is 10.1 Å². The van der Waals surface area contributed by atoms with Crippen LogP contribution in [-0.4, -0.2) is 26.9 Å². The van der Waals surface area contributed by atoms with Crippen molar-refractivity contribution in [1.29, 1.82) is 0 Å². The summed E-state index contributed by atoms with van der Waals surface area (Å²) in [5.74, 6) is -0.0407. The SMILES string of the molecule is CCS(=O)(=O)OCCc1ccc(NC(=O)OCc2ccccc2)cc1. The van der Waals surface area contributed by atoms with Crippen molar-refractivity contribution in [1.82, 2.24) is 0 Å². The second kappa shape index (κ2) is 9.19. The molecule has 1 N–H and O–H groups in total. The number of carbonyl (C=O) groups is 1. The van der Waals surface area contributed by atoms with Crippen LogP contribution in [0.2, 0.25) is 0 Å². The summed E-state index contributed by atoms with van der Waals surface area (Å²) in [6, 6.07) is 16.5. The molecule has 0 unspecified atom stereocenters. The van der Waals surface area contributed by atoms with E-state index in [1.807, 2.05) is 30.3 Å². The quantitative estimate of drug-likeness (QED) is 0.728. The molecule has 1 amide bonds. The lowest BCUT2D eigenvalue weighted by molar-refractivity contribution is 0.155. The second-order valence-electron chi connectivity index (χ2n) is 5.30. The van der Waals surface area contributed by atoms with Crippen LogP contribution in [0, 0.1) is 0 Å². The van der Waals surface area contributed by atoms with Gasteiger partial charge in [-0.2, -0.15) is 8.42 Å². The van der Waals surface area contributed by atoms with Crippen molar-refractivity contribution in [3.8, 4) is 0 Å². The predicted octanol–water partition coefficient (Wildman–Crippen LogP) is 3.34. The van der Waals surface area contributed by atoms with Gasteiger partial charge in [0.2, 0.25) is 0 Å². The molecule has 2 aromatic carbocycles. The molecule has 0 saturated carbocycles. The van der Waals surface area contributed by atoms with Gasteiger partial charge in [0.05, 0.1) is 12.4 Å². The van der Waals surface area contributed by atoms with Crippen LogP contribution in [-0.2, 0) is 32.1 Å². The van der Waals surface area contributed by atoms with Crippen LogP contribution in [0.25, 0.3) is 0 Å². The zero-order chi connectivity index (χ0) is 18.1. The van der Waals surface area contributed by atoms with Crippen molar-refractivity contribution in [3.05, 3.63) is 65.7 Å². The molecule has 0 aliphatic rings. The molecule has 0 radical (unpaired) electrons. The zero-order valence-corrected chi connectivity index (χ0v) is 14.8. The van der Waals surface area contributed by atoms with Gasteiger partial charge in [-0.15, -0.1) is 0 Å². The summed E-state index contributed by atoms with van der Waals surface area (Å²) in [6.07, 6.45) is -0.0632. The lowest BCUT2D eigenvalue weighted by atomic mass is 10.1. The van der Waals surface area contributed by atoms with E-state index >= 15 is 0 Å². The monoisotopic (exact) mass is 363 g/mol. The minimum Gasteiger partial charge on any atom is -0.444 e. The molecule has 0 aromatic heterocycles. The van der Waals surface area contributed by atoms with Gasteiger partial charge in [0.1, 0.15) is 6.61 Å². The average molecular weight is 363 g/mol. The topological polar surface area (TPSA) is 81.7 Å². The summed E-state index contributed by atoms with van der Waals surface area (Å²) in [6.45, 7) is 1.84. The number of anilines is 1. The van der Waals surface area contributed by atoms with Crippen molar-refractivity contribution in [2.45, 2.75) is 20.0 Å². The highest BCUT2D eigenvalue weighted by Gasteiger charge is 2.07. The number of hydrogen-bond donors (Lipinski definition) is 1. The van der Waals surface area contributed by atoms with Gasteiger partial charge in [0.15, 0.2) is 0 Å². The second-order valence-corrected chi connectivity index (χ2v) is 7.23. The van der Waals surface area contributed by atoms with E-state index in [-0.39, 0.29) is 19.0 Å². The third-order valence-corrected chi connectivity index (χ3v) is 4.65. The maximum atomic E-state index is 11.8. The first-order valence-electron chi connectivity index (χ1n) is 7.92. The summed E-state index contributed by atoms with van der Waals surface area (Å²) in [5, 5.41) is 2.64. The molecule has 0 aliphatic carbocycles. The van der Waals surface area contributed by atoms with Gasteiger partial charge in [0, 0.05) is 5.69 Å². The highest BCUT2D eigenvalue weighted by Crippen LogP contribution is 2.11. The molecule has 0 aliphatic heterocycles. The number of amides is 1. The molecular formula is C18H21NO5S. The predicted molar refractivity (Wildman–Crippen MR) is 95.8 cm³/mol. The van der Waals surface area contributed by atoms with E-state index in [9.17, 15) is 13.2 Å². The maximum absolute atomic E-state index is 11.8. The van der Waals surface area contributed by atoms with E-state index in [1.165, 1.54) is 6.92 Å². The summed E-state index contributed by atoms with van der Waals surface area (Å²) in [4.78, 5) is 11.8. The first kappa shape index (κ1) is 19.0. The van der Waals surface area contributed by atoms with E-state index in [2.05, 4.69) is 5.32 Å². The van der Waals surface area contributed by atoms with Gasteiger partial charge < -0.3 is 4.74 Å². The Morgan fingerprint density at radius 3 is 2.32 bits per heavy atom. The molecule has 0 spiro atoms. The van der Waals surface area contributed by atoms with E-state index in [0.717, 1.165) is 11.1 Å². The summed E-state index contributed by atoms with van der Waals surface area (Å²) < 4.78 is 32.5. The maximum Gasteiger partial charge on any atom is 0.411 e.